The lowest BCUT2D eigenvalue weighted by Crippen LogP contribution is -2.42. The predicted molar refractivity (Wildman–Crippen MR) is 69.6 cm³/mol. The Bertz CT molecular complexity index is 191. The molecule has 1 saturated carbocycles. The third-order valence-electron chi connectivity index (χ3n) is 4.55. The summed E-state index contributed by atoms with van der Waals surface area (Å²) in [6.45, 7) is 6.20. The maximum Gasteiger partial charge on any atom is 0.00925 e. The standard InChI is InChI=1S/C14H28N2/c1-12-5-7-14(8-6-12)16(2)11-13-4-3-9-15-10-13/h12-15H,3-11H2,1-2H3. The van der Waals surface area contributed by atoms with E-state index in [1.807, 2.05) is 0 Å². The third-order valence-corrected chi connectivity index (χ3v) is 4.55. The molecule has 2 rings (SSSR count). The Morgan fingerprint density at radius 1 is 1.12 bits per heavy atom. The van der Waals surface area contributed by atoms with Gasteiger partial charge >= 0.3 is 0 Å². The van der Waals surface area contributed by atoms with E-state index >= 15 is 0 Å². The van der Waals surface area contributed by atoms with Crippen molar-refractivity contribution in [2.45, 2.75) is 51.5 Å². The van der Waals surface area contributed by atoms with Crippen LogP contribution in [-0.4, -0.2) is 37.6 Å². The number of rotatable bonds is 3. The highest BCUT2D eigenvalue weighted by Crippen LogP contribution is 2.27. The molecule has 2 heteroatoms. The van der Waals surface area contributed by atoms with Crippen molar-refractivity contribution in [1.29, 1.82) is 0 Å². The minimum absolute atomic E-state index is 0.873. The van der Waals surface area contributed by atoms with Crippen LogP contribution in [0.2, 0.25) is 0 Å². The fourth-order valence-electron chi connectivity index (χ4n) is 3.32. The van der Waals surface area contributed by atoms with E-state index in [4.69, 9.17) is 0 Å². The van der Waals surface area contributed by atoms with E-state index in [0.717, 1.165) is 17.9 Å². The smallest absolute Gasteiger partial charge is 0.00925 e. The molecule has 1 aliphatic carbocycles. The fourth-order valence-corrected chi connectivity index (χ4v) is 3.32. The molecule has 0 bridgehead atoms. The second-order valence-corrected chi connectivity index (χ2v) is 6.07. The van der Waals surface area contributed by atoms with Crippen molar-refractivity contribution in [3.05, 3.63) is 0 Å². The molecule has 0 aromatic carbocycles. The van der Waals surface area contributed by atoms with Gasteiger partial charge in [0.05, 0.1) is 0 Å². The fraction of sp³-hybridized carbons (Fsp3) is 1.00. The molecule has 1 aliphatic heterocycles. The van der Waals surface area contributed by atoms with Crippen LogP contribution >= 0.6 is 0 Å². The number of hydrogen-bond donors (Lipinski definition) is 1. The Morgan fingerprint density at radius 2 is 1.88 bits per heavy atom. The van der Waals surface area contributed by atoms with Gasteiger partial charge in [0.15, 0.2) is 0 Å². The van der Waals surface area contributed by atoms with Crippen LogP contribution in [0.3, 0.4) is 0 Å². The van der Waals surface area contributed by atoms with Gasteiger partial charge < -0.3 is 10.2 Å². The zero-order valence-electron chi connectivity index (χ0n) is 11.0. The zero-order valence-corrected chi connectivity index (χ0v) is 11.0. The lowest BCUT2D eigenvalue weighted by molar-refractivity contribution is 0.140. The number of nitrogens with zero attached hydrogens (tertiary/aromatic N) is 1. The van der Waals surface area contributed by atoms with E-state index in [9.17, 15) is 0 Å². The first-order valence-electron chi connectivity index (χ1n) is 7.16. The largest absolute Gasteiger partial charge is 0.316 e. The third kappa shape index (κ3) is 3.46. The molecule has 2 fully saturated rings. The average molecular weight is 224 g/mol. The van der Waals surface area contributed by atoms with Gasteiger partial charge in [0.1, 0.15) is 0 Å². The number of hydrogen-bond acceptors (Lipinski definition) is 2. The summed E-state index contributed by atoms with van der Waals surface area (Å²) >= 11 is 0. The van der Waals surface area contributed by atoms with Crippen LogP contribution in [0.15, 0.2) is 0 Å². The van der Waals surface area contributed by atoms with Gasteiger partial charge in [-0.15, -0.1) is 0 Å². The normalized spacial score (nSPS) is 36.6. The Kier molecular flexibility index (Phi) is 4.66. The first kappa shape index (κ1) is 12.4. The van der Waals surface area contributed by atoms with Crippen LogP contribution in [0.4, 0.5) is 0 Å². The topological polar surface area (TPSA) is 15.3 Å². The molecule has 0 radical (unpaired) electrons. The first-order chi connectivity index (χ1) is 7.75. The molecule has 1 N–H and O–H groups in total. The van der Waals surface area contributed by atoms with E-state index in [0.29, 0.717) is 0 Å². The van der Waals surface area contributed by atoms with Crippen molar-refractivity contribution in [3.8, 4) is 0 Å². The second-order valence-electron chi connectivity index (χ2n) is 6.07. The van der Waals surface area contributed by atoms with Gasteiger partial charge in [0.2, 0.25) is 0 Å². The summed E-state index contributed by atoms with van der Waals surface area (Å²) in [4.78, 5) is 2.64. The molecule has 0 amide bonds. The molecule has 16 heavy (non-hydrogen) atoms. The monoisotopic (exact) mass is 224 g/mol. The Hall–Kier alpha value is -0.0800. The van der Waals surface area contributed by atoms with Gasteiger partial charge in [0.25, 0.3) is 0 Å². The van der Waals surface area contributed by atoms with E-state index in [2.05, 4.69) is 24.2 Å². The minimum atomic E-state index is 0.873. The Morgan fingerprint density at radius 3 is 2.50 bits per heavy atom. The van der Waals surface area contributed by atoms with Crippen LogP contribution in [0, 0.1) is 11.8 Å². The molecule has 0 aromatic heterocycles. The van der Waals surface area contributed by atoms with E-state index < -0.39 is 0 Å². The highest BCUT2D eigenvalue weighted by Gasteiger charge is 2.24. The Balaban J connectivity index is 1.72. The van der Waals surface area contributed by atoms with Crippen LogP contribution in [0.1, 0.15) is 45.4 Å². The Labute approximate surface area is 101 Å². The summed E-state index contributed by atoms with van der Waals surface area (Å²) in [5.74, 6) is 1.87. The molecule has 94 valence electrons. The van der Waals surface area contributed by atoms with Crippen molar-refractivity contribution < 1.29 is 0 Å². The van der Waals surface area contributed by atoms with Crippen molar-refractivity contribution in [2.24, 2.45) is 11.8 Å². The summed E-state index contributed by atoms with van der Waals surface area (Å²) in [6, 6.07) is 0.873. The van der Waals surface area contributed by atoms with Gasteiger partial charge in [-0.1, -0.05) is 6.92 Å². The van der Waals surface area contributed by atoms with Gasteiger partial charge in [-0.2, -0.15) is 0 Å². The van der Waals surface area contributed by atoms with E-state index in [-0.39, 0.29) is 0 Å². The lowest BCUT2D eigenvalue weighted by Gasteiger charge is -2.36. The van der Waals surface area contributed by atoms with E-state index in [1.54, 1.807) is 0 Å². The summed E-state index contributed by atoms with van der Waals surface area (Å²) in [6.07, 6.45) is 8.55. The predicted octanol–water partition coefficient (Wildman–Crippen LogP) is 2.50. The average Bonchev–Trinajstić information content (AvgIpc) is 2.31. The highest BCUT2D eigenvalue weighted by molar-refractivity contribution is 4.79. The molecular weight excluding hydrogens is 196 g/mol. The molecule has 0 aromatic rings. The number of piperidine rings is 1. The van der Waals surface area contributed by atoms with Crippen molar-refractivity contribution >= 4 is 0 Å². The van der Waals surface area contributed by atoms with Gasteiger partial charge in [-0.25, -0.2) is 0 Å². The maximum absolute atomic E-state index is 3.52. The SMILES string of the molecule is CC1CCC(N(C)CC2CCCNC2)CC1. The van der Waals surface area contributed by atoms with Crippen LogP contribution in [0.5, 0.6) is 0 Å². The zero-order chi connectivity index (χ0) is 11.4. The quantitative estimate of drug-likeness (QED) is 0.792. The molecule has 1 heterocycles. The summed E-state index contributed by atoms with van der Waals surface area (Å²) in [7, 11) is 2.34. The van der Waals surface area contributed by atoms with Crippen molar-refractivity contribution in [1.82, 2.24) is 10.2 Å². The molecule has 2 nitrogen and oxygen atoms in total. The van der Waals surface area contributed by atoms with Gasteiger partial charge in [-0.05, 0) is 70.5 Å². The van der Waals surface area contributed by atoms with Crippen molar-refractivity contribution in [3.63, 3.8) is 0 Å². The highest BCUT2D eigenvalue weighted by atomic mass is 15.1. The molecular formula is C14H28N2. The van der Waals surface area contributed by atoms with Crippen molar-refractivity contribution in [2.75, 3.05) is 26.7 Å². The van der Waals surface area contributed by atoms with Crippen LogP contribution in [0.25, 0.3) is 0 Å². The first-order valence-corrected chi connectivity index (χ1v) is 7.16. The number of nitrogens with one attached hydrogen (secondary N) is 1. The molecule has 1 atom stereocenters. The van der Waals surface area contributed by atoms with Crippen LogP contribution < -0.4 is 5.32 Å². The van der Waals surface area contributed by atoms with Gasteiger partial charge in [0, 0.05) is 12.6 Å². The summed E-state index contributed by atoms with van der Waals surface area (Å²) in [5.41, 5.74) is 0. The van der Waals surface area contributed by atoms with E-state index in [1.165, 1.54) is 58.2 Å². The molecule has 1 unspecified atom stereocenters. The summed E-state index contributed by atoms with van der Waals surface area (Å²) in [5, 5.41) is 3.52. The molecule has 1 saturated heterocycles. The minimum Gasteiger partial charge on any atom is -0.316 e. The lowest BCUT2D eigenvalue weighted by atomic mass is 9.86. The summed E-state index contributed by atoms with van der Waals surface area (Å²) < 4.78 is 0. The maximum atomic E-state index is 3.52. The molecule has 2 aliphatic rings. The second kappa shape index (κ2) is 6.02. The van der Waals surface area contributed by atoms with Gasteiger partial charge in [-0.3, -0.25) is 0 Å². The van der Waals surface area contributed by atoms with Crippen LogP contribution in [-0.2, 0) is 0 Å². The molecule has 0 spiro atoms.